The molecule has 0 bridgehead atoms. The van der Waals surface area contributed by atoms with Crippen molar-refractivity contribution in [3.8, 4) is 5.75 Å². The first-order valence-electron chi connectivity index (χ1n) is 13.3. The van der Waals surface area contributed by atoms with Gasteiger partial charge >= 0.3 is 6.03 Å². The fourth-order valence-corrected chi connectivity index (χ4v) is 5.45. The number of likely N-dealkylation sites (tertiary alicyclic amines) is 2. The molecule has 3 aliphatic rings. The highest BCUT2D eigenvalue weighted by Gasteiger charge is 2.27. The third-order valence-corrected chi connectivity index (χ3v) is 7.52. The van der Waals surface area contributed by atoms with E-state index in [0.29, 0.717) is 30.4 Å². The van der Waals surface area contributed by atoms with Crippen LogP contribution in [-0.4, -0.2) is 91.9 Å². The van der Waals surface area contributed by atoms with Gasteiger partial charge in [0.25, 0.3) is 5.91 Å². The van der Waals surface area contributed by atoms with Crippen LogP contribution < -0.4 is 20.3 Å². The first-order chi connectivity index (χ1) is 17.8. The van der Waals surface area contributed by atoms with Crippen molar-refractivity contribution in [1.29, 1.82) is 0 Å². The van der Waals surface area contributed by atoms with Crippen molar-refractivity contribution in [2.45, 2.75) is 52.0 Å². The Kier molecular flexibility index (Phi) is 9.15. The van der Waals surface area contributed by atoms with E-state index in [-0.39, 0.29) is 36.7 Å². The molecule has 1 aromatic rings. The zero-order valence-electron chi connectivity index (χ0n) is 22.0. The SMILES string of the molecule is CC(=O)CN1CCC(CN2CCC(NC(=O)COc3ccc(C)c(N4CCC(=O)NC4=O)c3)CC2)CC1. The summed E-state index contributed by atoms with van der Waals surface area (Å²) in [6, 6.07) is 5.06. The molecular weight excluding hydrogens is 474 g/mol. The van der Waals surface area contributed by atoms with Gasteiger partial charge in [-0.1, -0.05) is 6.07 Å². The molecule has 0 spiro atoms. The van der Waals surface area contributed by atoms with Crippen LogP contribution in [0.4, 0.5) is 10.5 Å². The number of anilines is 1. The molecule has 4 amide bonds. The van der Waals surface area contributed by atoms with E-state index in [1.165, 1.54) is 4.90 Å². The number of aryl methyl sites for hydroxylation is 1. The lowest BCUT2D eigenvalue weighted by molar-refractivity contribution is -0.124. The maximum absolute atomic E-state index is 12.5. The minimum absolute atomic E-state index is 0.0910. The van der Waals surface area contributed by atoms with Crippen molar-refractivity contribution in [3.05, 3.63) is 23.8 Å². The molecule has 3 aliphatic heterocycles. The number of carbonyl (C=O) groups is 4. The third-order valence-electron chi connectivity index (χ3n) is 7.52. The Morgan fingerprint density at radius 2 is 1.73 bits per heavy atom. The van der Waals surface area contributed by atoms with Gasteiger partial charge in [-0.15, -0.1) is 0 Å². The Labute approximate surface area is 218 Å². The second-order valence-electron chi connectivity index (χ2n) is 10.6. The number of hydrogen-bond donors (Lipinski definition) is 2. The number of nitrogens with one attached hydrogen (secondary N) is 2. The lowest BCUT2D eigenvalue weighted by Crippen LogP contribution is -2.49. The number of carbonyl (C=O) groups excluding carboxylic acids is 4. The molecule has 4 rings (SSSR count). The lowest BCUT2D eigenvalue weighted by Gasteiger charge is -2.37. The van der Waals surface area contributed by atoms with Gasteiger partial charge in [0.15, 0.2) is 6.61 Å². The summed E-state index contributed by atoms with van der Waals surface area (Å²) >= 11 is 0. The number of imide groups is 1. The molecule has 0 unspecified atom stereocenters. The second-order valence-corrected chi connectivity index (χ2v) is 10.6. The third kappa shape index (κ3) is 7.75. The van der Waals surface area contributed by atoms with Crippen LogP contribution in [0.3, 0.4) is 0 Å². The zero-order valence-corrected chi connectivity index (χ0v) is 22.0. The van der Waals surface area contributed by atoms with E-state index in [1.54, 1.807) is 19.1 Å². The summed E-state index contributed by atoms with van der Waals surface area (Å²) in [5.74, 6) is 0.991. The number of Topliss-reactive ketones (excluding diaryl/α,β-unsaturated/α-hetero) is 1. The highest BCUT2D eigenvalue weighted by molar-refractivity contribution is 6.06. The van der Waals surface area contributed by atoms with Crippen molar-refractivity contribution in [3.63, 3.8) is 0 Å². The number of ether oxygens (including phenoxy) is 1. The van der Waals surface area contributed by atoms with Crippen molar-refractivity contribution in [2.75, 3.05) is 57.3 Å². The van der Waals surface area contributed by atoms with Gasteiger partial charge in [-0.2, -0.15) is 0 Å². The topological polar surface area (TPSA) is 111 Å². The predicted molar refractivity (Wildman–Crippen MR) is 140 cm³/mol. The van der Waals surface area contributed by atoms with E-state index in [9.17, 15) is 19.2 Å². The summed E-state index contributed by atoms with van der Waals surface area (Å²) in [4.78, 5) is 53.8. The molecule has 3 fully saturated rings. The lowest BCUT2D eigenvalue weighted by atomic mass is 9.94. The van der Waals surface area contributed by atoms with E-state index < -0.39 is 6.03 Å². The quantitative estimate of drug-likeness (QED) is 0.517. The monoisotopic (exact) mass is 513 g/mol. The number of piperidine rings is 2. The summed E-state index contributed by atoms with van der Waals surface area (Å²) in [5.41, 5.74) is 1.55. The number of benzene rings is 1. The number of ketones is 1. The minimum atomic E-state index is -0.445. The van der Waals surface area contributed by atoms with Gasteiger partial charge in [0.2, 0.25) is 5.91 Å². The van der Waals surface area contributed by atoms with Crippen LogP contribution in [0.2, 0.25) is 0 Å². The molecule has 10 nitrogen and oxygen atoms in total. The van der Waals surface area contributed by atoms with Crippen LogP contribution in [0.25, 0.3) is 0 Å². The Bertz CT molecular complexity index is 999. The van der Waals surface area contributed by atoms with Crippen molar-refractivity contribution in [2.24, 2.45) is 5.92 Å². The highest BCUT2D eigenvalue weighted by atomic mass is 16.5. The highest BCUT2D eigenvalue weighted by Crippen LogP contribution is 2.27. The molecule has 0 saturated carbocycles. The van der Waals surface area contributed by atoms with Crippen LogP contribution in [0, 0.1) is 12.8 Å². The fourth-order valence-electron chi connectivity index (χ4n) is 5.45. The van der Waals surface area contributed by atoms with E-state index in [4.69, 9.17) is 4.74 Å². The van der Waals surface area contributed by atoms with Gasteiger partial charge in [0, 0.05) is 44.7 Å². The standard InChI is InChI=1S/C27H39N5O5/c1-19-3-4-23(15-24(19)32-14-9-25(34)29-27(32)36)37-18-26(35)28-22-7-12-31(13-8-22)17-21-5-10-30(11-6-21)16-20(2)33/h3-4,15,21-22H,5-14,16-18H2,1-2H3,(H,28,35)(H,29,34,36). The molecule has 3 heterocycles. The fraction of sp³-hybridized carbons (Fsp3) is 0.630. The van der Waals surface area contributed by atoms with Crippen molar-refractivity contribution in [1.82, 2.24) is 20.4 Å². The zero-order chi connectivity index (χ0) is 26.4. The molecule has 37 heavy (non-hydrogen) atoms. The van der Waals surface area contributed by atoms with Gasteiger partial charge in [0.05, 0.1) is 12.2 Å². The van der Waals surface area contributed by atoms with Gasteiger partial charge in [0.1, 0.15) is 11.5 Å². The van der Waals surface area contributed by atoms with Gasteiger partial charge in [-0.05, 0) is 70.2 Å². The second kappa shape index (κ2) is 12.5. The molecule has 0 atom stereocenters. The van der Waals surface area contributed by atoms with Crippen LogP contribution >= 0.6 is 0 Å². The van der Waals surface area contributed by atoms with Crippen LogP contribution in [0.5, 0.6) is 5.75 Å². The Balaban J connectivity index is 1.17. The van der Waals surface area contributed by atoms with E-state index >= 15 is 0 Å². The van der Waals surface area contributed by atoms with Crippen LogP contribution in [0.15, 0.2) is 18.2 Å². The van der Waals surface area contributed by atoms with E-state index in [0.717, 1.165) is 64.0 Å². The minimum Gasteiger partial charge on any atom is -0.484 e. The molecular formula is C27H39N5O5. The maximum atomic E-state index is 12.5. The molecule has 0 aliphatic carbocycles. The normalized spacial score (nSPS) is 20.5. The number of urea groups is 1. The van der Waals surface area contributed by atoms with Crippen LogP contribution in [0.1, 0.15) is 44.6 Å². The summed E-state index contributed by atoms with van der Waals surface area (Å²) < 4.78 is 5.73. The van der Waals surface area contributed by atoms with Crippen LogP contribution in [-0.2, 0) is 14.4 Å². The molecule has 0 aromatic heterocycles. The van der Waals surface area contributed by atoms with Gasteiger partial charge in [-0.3, -0.25) is 29.5 Å². The molecule has 0 radical (unpaired) electrons. The van der Waals surface area contributed by atoms with Crippen molar-refractivity contribution < 1.29 is 23.9 Å². The average Bonchev–Trinajstić information content (AvgIpc) is 2.86. The van der Waals surface area contributed by atoms with E-state index in [1.807, 2.05) is 13.0 Å². The molecule has 1 aromatic carbocycles. The Hall–Kier alpha value is -2.98. The number of amides is 4. The molecule has 10 heteroatoms. The maximum Gasteiger partial charge on any atom is 0.328 e. The van der Waals surface area contributed by atoms with Gasteiger partial charge in [-0.25, -0.2) is 4.79 Å². The smallest absolute Gasteiger partial charge is 0.328 e. The Morgan fingerprint density at radius 1 is 1.03 bits per heavy atom. The molecule has 2 N–H and O–H groups in total. The number of hydrogen-bond acceptors (Lipinski definition) is 7. The first kappa shape index (κ1) is 27.1. The summed E-state index contributed by atoms with van der Waals surface area (Å²) in [6.07, 6.45) is 4.38. The first-order valence-corrected chi connectivity index (χ1v) is 13.3. The summed E-state index contributed by atoms with van der Waals surface area (Å²) in [5, 5.41) is 5.43. The largest absolute Gasteiger partial charge is 0.484 e. The van der Waals surface area contributed by atoms with Crippen molar-refractivity contribution >= 4 is 29.3 Å². The number of nitrogens with zero attached hydrogens (tertiary/aromatic N) is 3. The average molecular weight is 514 g/mol. The van der Waals surface area contributed by atoms with E-state index in [2.05, 4.69) is 20.4 Å². The molecule has 3 saturated heterocycles. The predicted octanol–water partition coefficient (Wildman–Crippen LogP) is 1.70. The van der Waals surface area contributed by atoms with Gasteiger partial charge < -0.3 is 15.0 Å². The summed E-state index contributed by atoms with van der Waals surface area (Å²) in [6.45, 7) is 9.39. The molecule has 202 valence electrons. The summed E-state index contributed by atoms with van der Waals surface area (Å²) in [7, 11) is 0. The number of rotatable bonds is 9. The Morgan fingerprint density at radius 3 is 2.41 bits per heavy atom.